The molecule has 7 heteroatoms. The van der Waals surface area contributed by atoms with E-state index in [0.29, 0.717) is 30.9 Å². The number of amides is 1. The molecular formula is C14H23N5O2. The van der Waals surface area contributed by atoms with Crippen LogP contribution in [-0.4, -0.2) is 41.8 Å². The molecule has 2 atom stereocenters. The lowest BCUT2D eigenvalue weighted by Gasteiger charge is -2.34. The lowest BCUT2D eigenvalue weighted by Crippen LogP contribution is -2.45. The van der Waals surface area contributed by atoms with Gasteiger partial charge in [-0.15, -0.1) is 5.10 Å². The lowest BCUT2D eigenvalue weighted by atomic mass is 9.92. The minimum Gasteiger partial charge on any atom is -0.407 e. The quantitative estimate of drug-likeness (QED) is 0.824. The number of nitrogens with zero attached hydrogens (tertiary/aromatic N) is 3. The van der Waals surface area contributed by atoms with E-state index in [-0.39, 0.29) is 17.9 Å². The number of aromatic nitrogens is 2. The zero-order valence-corrected chi connectivity index (χ0v) is 12.6. The van der Waals surface area contributed by atoms with Crippen LogP contribution in [-0.2, 0) is 11.3 Å². The third-order valence-corrected chi connectivity index (χ3v) is 4.13. The van der Waals surface area contributed by atoms with Gasteiger partial charge in [0.15, 0.2) is 0 Å². The Morgan fingerprint density at radius 1 is 1.48 bits per heavy atom. The highest BCUT2D eigenvalue weighted by atomic mass is 16.4. The SMILES string of the molecule is CC(C)CNCc1nnc(N2CCCC3C(=O)NCC32)o1. The standard InChI is InChI=1S/C14H23N5O2/c1-9(2)6-15-8-12-17-18-14(21-12)19-5-3-4-10-11(19)7-16-13(10)20/h9-11,15H,3-8H2,1-2H3,(H,16,20). The molecule has 2 aliphatic heterocycles. The molecule has 2 fully saturated rings. The molecule has 0 aliphatic carbocycles. The number of fused-ring (bicyclic) bond motifs is 1. The third-order valence-electron chi connectivity index (χ3n) is 4.13. The first-order valence-corrected chi connectivity index (χ1v) is 7.72. The Kier molecular flexibility index (Phi) is 4.10. The molecular weight excluding hydrogens is 270 g/mol. The van der Waals surface area contributed by atoms with E-state index >= 15 is 0 Å². The summed E-state index contributed by atoms with van der Waals surface area (Å²) in [5.74, 6) is 1.41. The summed E-state index contributed by atoms with van der Waals surface area (Å²) < 4.78 is 5.75. The van der Waals surface area contributed by atoms with Crippen LogP contribution < -0.4 is 15.5 Å². The zero-order chi connectivity index (χ0) is 14.8. The second kappa shape index (κ2) is 6.01. The first-order chi connectivity index (χ1) is 10.1. The van der Waals surface area contributed by atoms with Crippen LogP contribution in [0.15, 0.2) is 4.42 Å². The van der Waals surface area contributed by atoms with Gasteiger partial charge in [0, 0.05) is 13.1 Å². The number of carbonyl (C=O) groups is 1. The van der Waals surface area contributed by atoms with E-state index in [1.54, 1.807) is 0 Å². The normalized spacial score (nSPS) is 25.3. The maximum atomic E-state index is 11.8. The van der Waals surface area contributed by atoms with Crippen molar-refractivity contribution >= 4 is 11.9 Å². The summed E-state index contributed by atoms with van der Waals surface area (Å²) in [7, 11) is 0. The number of nitrogens with one attached hydrogen (secondary N) is 2. The monoisotopic (exact) mass is 293 g/mol. The molecule has 1 aromatic heterocycles. The number of piperidine rings is 1. The van der Waals surface area contributed by atoms with Crippen molar-refractivity contribution < 1.29 is 9.21 Å². The van der Waals surface area contributed by atoms with Gasteiger partial charge in [0.2, 0.25) is 11.8 Å². The van der Waals surface area contributed by atoms with Gasteiger partial charge in [0.05, 0.1) is 18.5 Å². The Hall–Kier alpha value is -1.63. The van der Waals surface area contributed by atoms with Gasteiger partial charge in [-0.2, -0.15) is 0 Å². The van der Waals surface area contributed by atoms with Gasteiger partial charge < -0.3 is 20.0 Å². The van der Waals surface area contributed by atoms with Crippen LogP contribution in [0.3, 0.4) is 0 Å². The van der Waals surface area contributed by atoms with Crippen molar-refractivity contribution in [2.24, 2.45) is 11.8 Å². The fraction of sp³-hybridized carbons (Fsp3) is 0.786. The average Bonchev–Trinajstić information content (AvgIpc) is 3.06. The summed E-state index contributed by atoms with van der Waals surface area (Å²) in [6.45, 7) is 7.37. The minimum absolute atomic E-state index is 0.0631. The van der Waals surface area contributed by atoms with Crippen molar-refractivity contribution in [1.29, 1.82) is 0 Å². The Morgan fingerprint density at radius 2 is 2.33 bits per heavy atom. The van der Waals surface area contributed by atoms with Gasteiger partial charge in [0.1, 0.15) is 0 Å². The predicted molar refractivity (Wildman–Crippen MR) is 77.7 cm³/mol. The van der Waals surface area contributed by atoms with Gasteiger partial charge in [-0.3, -0.25) is 4.79 Å². The van der Waals surface area contributed by atoms with Crippen LogP contribution in [0, 0.1) is 11.8 Å². The molecule has 3 heterocycles. The van der Waals surface area contributed by atoms with Crippen LogP contribution in [0.2, 0.25) is 0 Å². The van der Waals surface area contributed by atoms with E-state index in [4.69, 9.17) is 4.42 Å². The van der Waals surface area contributed by atoms with Crippen LogP contribution in [0.4, 0.5) is 6.01 Å². The minimum atomic E-state index is 0.0631. The second-order valence-electron chi connectivity index (χ2n) is 6.26. The van der Waals surface area contributed by atoms with Gasteiger partial charge in [-0.1, -0.05) is 18.9 Å². The Balaban J connectivity index is 1.64. The zero-order valence-electron chi connectivity index (χ0n) is 12.6. The highest BCUT2D eigenvalue weighted by Gasteiger charge is 2.42. The van der Waals surface area contributed by atoms with E-state index in [1.807, 2.05) is 0 Å². The number of hydrogen-bond donors (Lipinski definition) is 2. The molecule has 2 saturated heterocycles. The molecule has 21 heavy (non-hydrogen) atoms. The maximum absolute atomic E-state index is 11.8. The summed E-state index contributed by atoms with van der Waals surface area (Å²) in [5, 5.41) is 14.5. The van der Waals surface area contributed by atoms with Gasteiger partial charge in [0.25, 0.3) is 0 Å². The summed E-state index contributed by atoms with van der Waals surface area (Å²) in [6.07, 6.45) is 1.93. The van der Waals surface area contributed by atoms with E-state index in [9.17, 15) is 4.79 Å². The third kappa shape index (κ3) is 3.02. The molecule has 0 spiro atoms. The topological polar surface area (TPSA) is 83.3 Å². The van der Waals surface area contributed by atoms with Crippen molar-refractivity contribution in [2.75, 3.05) is 24.5 Å². The Morgan fingerprint density at radius 3 is 3.14 bits per heavy atom. The summed E-state index contributed by atoms with van der Waals surface area (Å²) >= 11 is 0. The number of hydrogen-bond acceptors (Lipinski definition) is 6. The molecule has 2 N–H and O–H groups in total. The van der Waals surface area contributed by atoms with Crippen LogP contribution in [0.25, 0.3) is 0 Å². The molecule has 1 aromatic rings. The van der Waals surface area contributed by atoms with Gasteiger partial charge >= 0.3 is 6.01 Å². The second-order valence-corrected chi connectivity index (χ2v) is 6.26. The molecule has 0 radical (unpaired) electrons. The first kappa shape index (κ1) is 14.3. The molecule has 0 bridgehead atoms. The van der Waals surface area contributed by atoms with Crippen LogP contribution >= 0.6 is 0 Å². The maximum Gasteiger partial charge on any atom is 0.318 e. The fourth-order valence-corrected chi connectivity index (χ4v) is 3.09. The van der Waals surface area contributed by atoms with Crippen LogP contribution in [0.5, 0.6) is 0 Å². The fourth-order valence-electron chi connectivity index (χ4n) is 3.09. The van der Waals surface area contributed by atoms with E-state index in [1.165, 1.54) is 0 Å². The van der Waals surface area contributed by atoms with E-state index < -0.39 is 0 Å². The van der Waals surface area contributed by atoms with Crippen molar-refractivity contribution in [3.8, 4) is 0 Å². The number of rotatable bonds is 5. The molecule has 0 aromatic carbocycles. The largest absolute Gasteiger partial charge is 0.407 e. The van der Waals surface area contributed by atoms with Crippen molar-refractivity contribution in [3.63, 3.8) is 0 Å². The summed E-state index contributed by atoms with van der Waals surface area (Å²) in [4.78, 5) is 13.9. The molecule has 7 nitrogen and oxygen atoms in total. The molecule has 0 saturated carbocycles. The van der Waals surface area contributed by atoms with Crippen molar-refractivity contribution in [3.05, 3.63) is 5.89 Å². The molecule has 3 rings (SSSR count). The smallest absolute Gasteiger partial charge is 0.318 e. The summed E-state index contributed by atoms with van der Waals surface area (Å²) in [6, 6.07) is 0.700. The van der Waals surface area contributed by atoms with Crippen molar-refractivity contribution in [1.82, 2.24) is 20.8 Å². The van der Waals surface area contributed by atoms with Crippen molar-refractivity contribution in [2.45, 2.75) is 39.3 Å². The average molecular weight is 293 g/mol. The van der Waals surface area contributed by atoms with E-state index in [2.05, 4.69) is 39.6 Å². The highest BCUT2D eigenvalue weighted by Crippen LogP contribution is 2.30. The van der Waals surface area contributed by atoms with Gasteiger partial charge in [-0.25, -0.2) is 0 Å². The highest BCUT2D eigenvalue weighted by molar-refractivity contribution is 5.82. The predicted octanol–water partition coefficient (Wildman–Crippen LogP) is 0.530. The molecule has 2 aliphatic rings. The molecule has 1 amide bonds. The van der Waals surface area contributed by atoms with Gasteiger partial charge in [-0.05, 0) is 25.3 Å². The lowest BCUT2D eigenvalue weighted by molar-refractivity contribution is -0.123. The number of anilines is 1. The summed E-state index contributed by atoms with van der Waals surface area (Å²) in [5.41, 5.74) is 0. The number of carbonyl (C=O) groups excluding carboxylic acids is 1. The molecule has 2 unspecified atom stereocenters. The van der Waals surface area contributed by atoms with Crippen LogP contribution in [0.1, 0.15) is 32.6 Å². The Bertz CT molecular complexity index is 501. The Labute approximate surface area is 124 Å². The molecule has 116 valence electrons. The first-order valence-electron chi connectivity index (χ1n) is 7.72. The van der Waals surface area contributed by atoms with E-state index in [0.717, 1.165) is 25.9 Å².